The summed E-state index contributed by atoms with van der Waals surface area (Å²) in [7, 11) is 0. The molecule has 8 nitrogen and oxygen atoms in total. The number of fused-ring (bicyclic) bond motifs is 1. The Labute approximate surface area is 218 Å². The second kappa shape index (κ2) is 11.3. The summed E-state index contributed by atoms with van der Waals surface area (Å²) in [4.78, 5) is 16.3. The first-order valence-corrected chi connectivity index (χ1v) is 12.7. The highest BCUT2D eigenvalue weighted by molar-refractivity contribution is 6.31. The summed E-state index contributed by atoms with van der Waals surface area (Å²) in [6, 6.07) is 6.55. The lowest BCUT2D eigenvalue weighted by atomic mass is 10.1. The van der Waals surface area contributed by atoms with Crippen molar-refractivity contribution in [1.29, 1.82) is 5.26 Å². The molecule has 192 valence electrons. The first-order chi connectivity index (χ1) is 18.0. The molecule has 1 fully saturated rings. The third kappa shape index (κ3) is 5.64. The van der Waals surface area contributed by atoms with Crippen molar-refractivity contribution in [3.63, 3.8) is 0 Å². The average molecular weight is 525 g/mol. The SMILES string of the molecule is N#CCCC[C@@H](Cn1cc(-c2ncnc3[nH]ccc23)cn1)N1CCN(Cc2c(F)ccc(F)c2Cl)CC1. The summed E-state index contributed by atoms with van der Waals surface area (Å²) in [6.07, 6.45) is 9.36. The Balaban J connectivity index is 1.26. The van der Waals surface area contributed by atoms with E-state index in [4.69, 9.17) is 16.9 Å². The number of aromatic amines is 1. The molecule has 0 bridgehead atoms. The van der Waals surface area contributed by atoms with E-state index < -0.39 is 11.6 Å². The molecule has 5 rings (SSSR count). The second-order valence-corrected chi connectivity index (χ2v) is 9.63. The number of halogens is 3. The quantitative estimate of drug-likeness (QED) is 0.253. The number of hydrogen-bond donors (Lipinski definition) is 1. The summed E-state index contributed by atoms with van der Waals surface area (Å²) in [5, 5.41) is 14.4. The molecule has 1 aliphatic heterocycles. The maximum absolute atomic E-state index is 14.3. The van der Waals surface area contributed by atoms with Crippen LogP contribution in [0, 0.1) is 23.0 Å². The van der Waals surface area contributed by atoms with Gasteiger partial charge < -0.3 is 4.98 Å². The number of rotatable bonds is 9. The molecule has 0 radical (unpaired) electrons. The van der Waals surface area contributed by atoms with Gasteiger partial charge in [-0.25, -0.2) is 18.7 Å². The summed E-state index contributed by atoms with van der Waals surface area (Å²) >= 11 is 6.03. The Morgan fingerprint density at radius 3 is 2.73 bits per heavy atom. The molecule has 37 heavy (non-hydrogen) atoms. The molecule has 0 aliphatic carbocycles. The van der Waals surface area contributed by atoms with E-state index in [0.29, 0.717) is 26.1 Å². The van der Waals surface area contributed by atoms with Crippen LogP contribution in [0.1, 0.15) is 24.8 Å². The lowest BCUT2D eigenvalue weighted by molar-refractivity contribution is 0.0776. The van der Waals surface area contributed by atoms with Crippen molar-refractivity contribution < 1.29 is 8.78 Å². The van der Waals surface area contributed by atoms with Gasteiger partial charge in [0.05, 0.1) is 29.5 Å². The highest BCUT2D eigenvalue weighted by Gasteiger charge is 2.26. The smallest absolute Gasteiger partial charge is 0.142 e. The van der Waals surface area contributed by atoms with Crippen LogP contribution in [0.2, 0.25) is 5.02 Å². The predicted molar refractivity (Wildman–Crippen MR) is 137 cm³/mol. The molecule has 1 aliphatic rings. The normalized spacial score (nSPS) is 15.7. The van der Waals surface area contributed by atoms with Crippen molar-refractivity contribution in [2.75, 3.05) is 26.2 Å². The number of H-pyrrole nitrogens is 1. The summed E-state index contributed by atoms with van der Waals surface area (Å²) in [6.45, 7) is 3.91. The molecule has 1 N–H and O–H groups in total. The minimum Gasteiger partial charge on any atom is -0.346 e. The molecule has 0 saturated carbocycles. The van der Waals surface area contributed by atoms with Crippen LogP contribution in [0.5, 0.6) is 0 Å². The van der Waals surface area contributed by atoms with Crippen LogP contribution in [0.3, 0.4) is 0 Å². The monoisotopic (exact) mass is 524 g/mol. The fourth-order valence-corrected chi connectivity index (χ4v) is 5.15. The Hall–Kier alpha value is -3.39. The highest BCUT2D eigenvalue weighted by atomic mass is 35.5. The van der Waals surface area contributed by atoms with Crippen LogP contribution in [-0.4, -0.2) is 66.8 Å². The number of piperazine rings is 1. The number of benzene rings is 1. The van der Waals surface area contributed by atoms with E-state index in [-0.39, 0.29) is 23.2 Å². The van der Waals surface area contributed by atoms with Gasteiger partial charge >= 0.3 is 0 Å². The van der Waals surface area contributed by atoms with Gasteiger partial charge in [-0.2, -0.15) is 10.4 Å². The minimum atomic E-state index is -0.605. The number of unbranched alkanes of at least 4 members (excludes halogenated alkanes) is 1. The van der Waals surface area contributed by atoms with Crippen molar-refractivity contribution >= 4 is 22.6 Å². The van der Waals surface area contributed by atoms with Gasteiger partial charge in [-0.1, -0.05) is 11.6 Å². The zero-order valence-corrected chi connectivity index (χ0v) is 21.0. The molecule has 0 unspecified atom stereocenters. The van der Waals surface area contributed by atoms with Gasteiger partial charge in [0.15, 0.2) is 0 Å². The number of nitrogens with zero attached hydrogens (tertiary/aromatic N) is 7. The summed E-state index contributed by atoms with van der Waals surface area (Å²) in [5.74, 6) is -1.09. The van der Waals surface area contributed by atoms with E-state index in [9.17, 15) is 8.78 Å². The summed E-state index contributed by atoms with van der Waals surface area (Å²) in [5.41, 5.74) is 2.73. The number of nitriles is 1. The zero-order valence-electron chi connectivity index (χ0n) is 20.2. The van der Waals surface area contributed by atoms with Crippen molar-refractivity contribution in [1.82, 2.24) is 34.5 Å². The van der Waals surface area contributed by atoms with E-state index >= 15 is 0 Å². The average Bonchev–Trinajstić information content (AvgIpc) is 3.58. The molecule has 0 amide bonds. The molecule has 11 heteroatoms. The maximum Gasteiger partial charge on any atom is 0.142 e. The Morgan fingerprint density at radius 2 is 1.92 bits per heavy atom. The molecule has 0 spiro atoms. The van der Waals surface area contributed by atoms with E-state index in [2.05, 4.69) is 35.9 Å². The molecule has 1 saturated heterocycles. The third-order valence-electron chi connectivity index (χ3n) is 6.93. The molecular formula is C26H27ClF2N8. The van der Waals surface area contributed by atoms with E-state index in [0.717, 1.165) is 60.4 Å². The fraction of sp³-hybridized carbons (Fsp3) is 0.385. The van der Waals surface area contributed by atoms with E-state index in [1.807, 2.05) is 29.3 Å². The van der Waals surface area contributed by atoms with Gasteiger partial charge in [0.25, 0.3) is 0 Å². The van der Waals surface area contributed by atoms with Crippen LogP contribution in [-0.2, 0) is 13.1 Å². The van der Waals surface area contributed by atoms with Gasteiger partial charge in [0.2, 0.25) is 0 Å². The third-order valence-corrected chi connectivity index (χ3v) is 7.34. The molecule has 1 atom stereocenters. The number of nitrogens with one attached hydrogen (secondary N) is 1. The lowest BCUT2D eigenvalue weighted by Gasteiger charge is -2.39. The Bertz CT molecular complexity index is 1400. The van der Waals surface area contributed by atoms with E-state index in [1.54, 1.807) is 6.33 Å². The second-order valence-electron chi connectivity index (χ2n) is 9.25. The molecular weight excluding hydrogens is 498 g/mol. The standard InChI is InChI=1S/C26H27ClF2N8/c27-24-21(22(28)4-5-23(24)29)16-35-9-11-36(12-10-35)19(3-1-2-7-30)15-37-14-18(13-34-37)25-20-6-8-31-26(20)33-17-32-25/h4-6,8,13-14,17,19H,1-3,9-12,15-16H2,(H,31,32,33)/t19-/m0/s1. The first-order valence-electron chi connectivity index (χ1n) is 12.3. The maximum atomic E-state index is 14.3. The lowest BCUT2D eigenvalue weighted by Crippen LogP contribution is -2.51. The van der Waals surface area contributed by atoms with Gasteiger partial charge in [-0.05, 0) is 31.0 Å². The van der Waals surface area contributed by atoms with Gasteiger partial charge in [0.1, 0.15) is 23.6 Å². The molecule has 4 aromatic rings. The van der Waals surface area contributed by atoms with Crippen LogP contribution in [0.4, 0.5) is 8.78 Å². The highest BCUT2D eigenvalue weighted by Crippen LogP contribution is 2.26. The molecule has 4 heterocycles. The fourth-order valence-electron chi connectivity index (χ4n) is 4.93. The number of aromatic nitrogens is 5. The van der Waals surface area contributed by atoms with Crippen molar-refractivity contribution in [2.45, 2.75) is 38.4 Å². The van der Waals surface area contributed by atoms with Gasteiger partial charge in [0, 0.05) is 74.1 Å². The number of hydrogen-bond acceptors (Lipinski definition) is 6. The van der Waals surface area contributed by atoms with Crippen molar-refractivity contribution in [3.05, 3.63) is 65.3 Å². The molecule has 3 aromatic heterocycles. The van der Waals surface area contributed by atoms with Crippen molar-refractivity contribution in [2.24, 2.45) is 0 Å². The van der Waals surface area contributed by atoms with Crippen molar-refractivity contribution in [3.8, 4) is 17.3 Å². The topological polar surface area (TPSA) is 89.7 Å². The molecule has 1 aromatic carbocycles. The Morgan fingerprint density at radius 1 is 1.11 bits per heavy atom. The summed E-state index contributed by atoms with van der Waals surface area (Å²) < 4.78 is 30.0. The van der Waals surface area contributed by atoms with Crippen LogP contribution < -0.4 is 0 Å². The van der Waals surface area contributed by atoms with Gasteiger partial charge in [-0.15, -0.1) is 0 Å². The first kappa shape index (κ1) is 25.3. The van der Waals surface area contributed by atoms with Crippen LogP contribution >= 0.6 is 11.6 Å². The Kier molecular flexibility index (Phi) is 7.74. The van der Waals surface area contributed by atoms with Crippen LogP contribution in [0.25, 0.3) is 22.3 Å². The van der Waals surface area contributed by atoms with E-state index in [1.165, 1.54) is 0 Å². The van der Waals surface area contributed by atoms with Gasteiger partial charge in [-0.3, -0.25) is 14.5 Å². The minimum absolute atomic E-state index is 0.146. The predicted octanol–water partition coefficient (Wildman–Crippen LogP) is 4.63. The zero-order chi connectivity index (χ0) is 25.8. The van der Waals surface area contributed by atoms with Crippen LogP contribution in [0.15, 0.2) is 43.1 Å². The largest absolute Gasteiger partial charge is 0.346 e.